The van der Waals surface area contributed by atoms with E-state index in [-0.39, 0.29) is 12.0 Å². The third kappa shape index (κ3) is 24.7. The molecule has 20 heavy (non-hydrogen) atoms. The van der Waals surface area contributed by atoms with Crippen molar-refractivity contribution in [1.82, 2.24) is 0 Å². The largest absolute Gasteiger partial charge is 0.478 e. The first-order chi connectivity index (χ1) is 9.11. The summed E-state index contributed by atoms with van der Waals surface area (Å²) in [6.45, 7) is 8.65. The normalized spacial score (nSPS) is 9.50. The highest BCUT2D eigenvalue weighted by Crippen LogP contribution is 2.01. The second-order valence-corrected chi connectivity index (χ2v) is 3.03. The van der Waals surface area contributed by atoms with E-state index in [1.807, 2.05) is 0 Å². The van der Waals surface area contributed by atoms with Gasteiger partial charge < -0.3 is 25.5 Å². The minimum absolute atomic E-state index is 0.0914. The molecule has 0 saturated heterocycles. The van der Waals surface area contributed by atoms with Crippen LogP contribution in [0.2, 0.25) is 0 Å². The van der Waals surface area contributed by atoms with Crippen LogP contribution in [0.25, 0.3) is 0 Å². The zero-order valence-electron chi connectivity index (χ0n) is 10.7. The van der Waals surface area contributed by atoms with E-state index in [0.717, 1.165) is 12.2 Å². The maximum absolute atomic E-state index is 10.1. The van der Waals surface area contributed by atoms with Gasteiger partial charge in [0.15, 0.2) is 0 Å². The van der Waals surface area contributed by atoms with Gasteiger partial charge in [0.2, 0.25) is 0 Å². The van der Waals surface area contributed by atoms with Crippen molar-refractivity contribution < 1.29 is 39.9 Å². The summed E-state index contributed by atoms with van der Waals surface area (Å²) in [5.41, 5.74) is -0.0958. The fourth-order valence-electron chi connectivity index (χ4n) is 0.436. The number of carboxylic acid groups (broad SMARTS) is 3. The molecule has 5 N–H and O–H groups in total. The van der Waals surface area contributed by atoms with Crippen LogP contribution < -0.4 is 0 Å². The molecule has 0 aromatic heterocycles. The Balaban J connectivity index is -0.000000244. The van der Waals surface area contributed by atoms with Gasteiger partial charge in [0.25, 0.3) is 0 Å². The van der Waals surface area contributed by atoms with Crippen molar-refractivity contribution >= 4 is 17.9 Å². The maximum atomic E-state index is 10.1. The van der Waals surface area contributed by atoms with Crippen molar-refractivity contribution in [2.75, 3.05) is 6.61 Å². The summed E-state index contributed by atoms with van der Waals surface area (Å²) in [5, 5.41) is 40.4. The highest BCUT2D eigenvalue weighted by molar-refractivity contribution is 5.85. The number of aliphatic hydroxyl groups excluding tert-OH is 2. The lowest BCUT2D eigenvalue weighted by atomic mass is 10.1. The number of rotatable bonds is 6. The first kappa shape index (κ1) is 22.7. The molecule has 1 unspecified atom stereocenters. The summed E-state index contributed by atoms with van der Waals surface area (Å²) < 4.78 is 0. The van der Waals surface area contributed by atoms with Gasteiger partial charge in [0, 0.05) is 24.1 Å². The molecule has 0 rings (SSSR count). The van der Waals surface area contributed by atoms with Crippen LogP contribution in [0.4, 0.5) is 0 Å². The van der Waals surface area contributed by atoms with Gasteiger partial charge in [-0.05, 0) is 0 Å². The molecule has 0 saturated carbocycles. The molecule has 0 fully saturated rings. The molecule has 0 spiro atoms. The number of aliphatic hydroxyl groups is 2. The standard InChI is InChI=1S/C6H10O4.2C3H4O2/c1-4(6(9)10)2-5(8)3-7;2*1-2-3(4)5/h5,7-8H,1-3H2,(H,9,10);2*2H,1H2,(H,4,5). The van der Waals surface area contributed by atoms with E-state index in [2.05, 4.69) is 19.7 Å². The van der Waals surface area contributed by atoms with Gasteiger partial charge in [0.05, 0.1) is 12.7 Å². The minimum Gasteiger partial charge on any atom is -0.478 e. The molecule has 0 aromatic carbocycles. The van der Waals surface area contributed by atoms with Crippen molar-refractivity contribution in [3.05, 3.63) is 37.5 Å². The highest BCUT2D eigenvalue weighted by atomic mass is 16.4. The SMILES string of the molecule is C=C(CC(O)CO)C(=O)O.C=CC(=O)O.C=CC(=O)O. The monoisotopic (exact) mass is 290 g/mol. The molecule has 8 nitrogen and oxygen atoms in total. The van der Waals surface area contributed by atoms with Gasteiger partial charge >= 0.3 is 17.9 Å². The van der Waals surface area contributed by atoms with E-state index in [9.17, 15) is 14.4 Å². The van der Waals surface area contributed by atoms with Crippen LogP contribution >= 0.6 is 0 Å². The van der Waals surface area contributed by atoms with E-state index >= 15 is 0 Å². The van der Waals surface area contributed by atoms with Crippen LogP contribution in [0.5, 0.6) is 0 Å². The van der Waals surface area contributed by atoms with Crippen LogP contribution in [0.15, 0.2) is 37.5 Å². The molecule has 0 heterocycles. The molecule has 0 aliphatic rings. The first-order valence-corrected chi connectivity index (χ1v) is 5.03. The molecule has 0 aliphatic carbocycles. The molecule has 0 aromatic rings. The van der Waals surface area contributed by atoms with Crippen LogP contribution in [0, 0.1) is 0 Å². The van der Waals surface area contributed by atoms with Crippen molar-refractivity contribution in [3.63, 3.8) is 0 Å². The number of aliphatic carboxylic acids is 3. The zero-order chi connectivity index (χ0) is 16.7. The highest BCUT2D eigenvalue weighted by Gasteiger charge is 2.09. The van der Waals surface area contributed by atoms with E-state index in [1.54, 1.807) is 0 Å². The summed E-state index contributed by atoms with van der Waals surface area (Å²) in [7, 11) is 0. The average Bonchev–Trinajstić information content (AvgIpc) is 2.39. The molecule has 114 valence electrons. The lowest BCUT2D eigenvalue weighted by Gasteiger charge is -2.04. The molecule has 0 radical (unpaired) electrons. The Bertz CT molecular complexity index is 340. The number of carboxylic acids is 3. The van der Waals surface area contributed by atoms with Crippen LogP contribution in [0.3, 0.4) is 0 Å². The Morgan fingerprint density at radius 3 is 1.45 bits per heavy atom. The van der Waals surface area contributed by atoms with Gasteiger partial charge in [-0.15, -0.1) is 0 Å². The van der Waals surface area contributed by atoms with Gasteiger partial charge in [-0.25, -0.2) is 14.4 Å². The van der Waals surface area contributed by atoms with Crippen molar-refractivity contribution in [2.45, 2.75) is 12.5 Å². The quantitative estimate of drug-likeness (QED) is 0.424. The zero-order valence-corrected chi connectivity index (χ0v) is 10.7. The Labute approximate surface area is 115 Å². The van der Waals surface area contributed by atoms with Crippen LogP contribution in [0.1, 0.15) is 6.42 Å². The predicted molar refractivity (Wildman–Crippen MR) is 70.2 cm³/mol. The molecule has 1 atom stereocenters. The van der Waals surface area contributed by atoms with Gasteiger partial charge in [-0.2, -0.15) is 0 Å². The summed E-state index contributed by atoms with van der Waals surface area (Å²) in [5.74, 6) is -3.11. The van der Waals surface area contributed by atoms with Crippen molar-refractivity contribution in [1.29, 1.82) is 0 Å². The van der Waals surface area contributed by atoms with Gasteiger partial charge in [-0.3, -0.25) is 0 Å². The summed E-state index contributed by atoms with van der Waals surface area (Å²) >= 11 is 0. The van der Waals surface area contributed by atoms with E-state index in [0.29, 0.717) is 0 Å². The van der Waals surface area contributed by atoms with Crippen LogP contribution in [-0.4, -0.2) is 56.2 Å². The Hall–Kier alpha value is -2.45. The smallest absolute Gasteiger partial charge is 0.331 e. The second-order valence-electron chi connectivity index (χ2n) is 3.03. The summed E-state index contributed by atoms with van der Waals surface area (Å²) in [6.07, 6.45) is 0.565. The molecule has 0 amide bonds. The van der Waals surface area contributed by atoms with E-state index < -0.39 is 30.6 Å². The van der Waals surface area contributed by atoms with E-state index in [1.165, 1.54) is 0 Å². The number of carbonyl (C=O) groups is 3. The topological polar surface area (TPSA) is 152 Å². The molecular formula is C12H18O8. The fraction of sp³-hybridized carbons (Fsp3) is 0.250. The van der Waals surface area contributed by atoms with Crippen molar-refractivity contribution in [2.24, 2.45) is 0 Å². The third-order valence-corrected chi connectivity index (χ3v) is 1.34. The summed E-state index contributed by atoms with van der Waals surface area (Å²) in [6, 6.07) is 0. The number of hydrogen-bond donors (Lipinski definition) is 5. The minimum atomic E-state index is -1.15. The lowest BCUT2D eigenvalue weighted by Crippen LogP contribution is -2.15. The predicted octanol–water partition coefficient (Wildman–Crippen LogP) is -0.116. The first-order valence-electron chi connectivity index (χ1n) is 5.03. The average molecular weight is 290 g/mol. The maximum Gasteiger partial charge on any atom is 0.331 e. The Kier molecular flexibility index (Phi) is 16.6. The molecule has 0 aliphatic heterocycles. The molecule has 8 heteroatoms. The number of hydrogen-bond acceptors (Lipinski definition) is 5. The Morgan fingerprint density at radius 1 is 1.00 bits per heavy atom. The van der Waals surface area contributed by atoms with Gasteiger partial charge in [-0.1, -0.05) is 19.7 Å². The molecule has 0 bridgehead atoms. The van der Waals surface area contributed by atoms with E-state index in [4.69, 9.17) is 25.5 Å². The fourth-order valence-corrected chi connectivity index (χ4v) is 0.436. The Morgan fingerprint density at radius 2 is 1.30 bits per heavy atom. The summed E-state index contributed by atoms with van der Waals surface area (Å²) in [4.78, 5) is 28.6. The lowest BCUT2D eigenvalue weighted by molar-refractivity contribution is -0.133. The van der Waals surface area contributed by atoms with Crippen LogP contribution in [-0.2, 0) is 14.4 Å². The molecular weight excluding hydrogens is 272 g/mol. The third-order valence-electron chi connectivity index (χ3n) is 1.34. The second kappa shape index (κ2) is 14.6. The van der Waals surface area contributed by atoms with Gasteiger partial charge in [0.1, 0.15) is 0 Å². The van der Waals surface area contributed by atoms with Crippen molar-refractivity contribution in [3.8, 4) is 0 Å².